The molecule has 39 heavy (non-hydrogen) atoms. The van der Waals surface area contributed by atoms with Crippen molar-refractivity contribution in [2.45, 2.75) is 6.92 Å². The van der Waals surface area contributed by atoms with Crippen LogP contribution in [0, 0.1) is 6.92 Å². The van der Waals surface area contributed by atoms with Crippen LogP contribution in [-0.4, -0.2) is 44.6 Å². The smallest absolute Gasteiger partial charge is 0.335 e. The molecule has 3 aromatic rings. The van der Waals surface area contributed by atoms with E-state index >= 15 is 0 Å². The van der Waals surface area contributed by atoms with Crippen LogP contribution in [0.4, 0.5) is 16.2 Å². The van der Waals surface area contributed by atoms with Crippen LogP contribution >= 0.6 is 11.6 Å². The normalized spacial score (nSPS) is 14.2. The van der Waals surface area contributed by atoms with Crippen LogP contribution < -0.4 is 29.7 Å². The highest BCUT2D eigenvalue weighted by Gasteiger charge is 2.37. The summed E-state index contributed by atoms with van der Waals surface area (Å²) in [6.45, 7) is 1.60. The lowest BCUT2D eigenvalue weighted by Crippen LogP contribution is -2.54. The second-order valence-corrected chi connectivity index (χ2v) is 8.80. The summed E-state index contributed by atoms with van der Waals surface area (Å²) in [4.78, 5) is 51.4. The lowest BCUT2D eigenvalue weighted by molar-refractivity contribution is -0.122. The summed E-state index contributed by atoms with van der Waals surface area (Å²) in [6.07, 6.45) is 1.28. The maximum atomic E-state index is 13.2. The molecule has 10 nitrogen and oxygen atoms in total. The van der Waals surface area contributed by atoms with Gasteiger partial charge in [-0.25, -0.2) is 9.69 Å². The van der Waals surface area contributed by atoms with Crippen molar-refractivity contribution in [2.24, 2.45) is 0 Å². The van der Waals surface area contributed by atoms with Crippen molar-refractivity contribution in [3.63, 3.8) is 0 Å². The standard InChI is InChI=1S/C28H24ClN3O7/c1-16-4-6-18(7-5-16)30-24(33)15-39-25-22(29)13-17(14-23(25)38-3)12-21-26(34)31-28(36)32(27(21)35)19-8-10-20(37-2)11-9-19/h4-14H,15H2,1-3H3,(H,30,33)(H,31,34,36)/b21-12+. The minimum atomic E-state index is -0.879. The van der Waals surface area contributed by atoms with E-state index in [1.54, 1.807) is 24.3 Å². The molecule has 4 rings (SSSR count). The SMILES string of the molecule is COc1ccc(N2C(=O)NC(=O)/C(=C\c3cc(Cl)c(OCC(=O)Nc4ccc(C)cc4)c(OC)c3)C2=O)cc1. The van der Waals surface area contributed by atoms with Crippen LogP contribution in [0.15, 0.2) is 66.2 Å². The Kier molecular flexibility index (Phi) is 8.16. The number of aryl methyl sites for hydroxylation is 1. The molecule has 5 amide bonds. The minimum absolute atomic E-state index is 0.0797. The molecule has 0 bridgehead atoms. The fourth-order valence-corrected chi connectivity index (χ4v) is 4.00. The van der Waals surface area contributed by atoms with Crippen LogP contribution in [0.5, 0.6) is 17.2 Å². The van der Waals surface area contributed by atoms with Crippen molar-refractivity contribution in [1.29, 1.82) is 0 Å². The number of imide groups is 2. The van der Waals surface area contributed by atoms with Gasteiger partial charge in [0.15, 0.2) is 18.1 Å². The van der Waals surface area contributed by atoms with E-state index in [0.29, 0.717) is 17.0 Å². The van der Waals surface area contributed by atoms with Gasteiger partial charge in [-0.3, -0.25) is 19.7 Å². The molecule has 0 saturated carbocycles. The molecule has 0 unspecified atom stereocenters. The number of urea groups is 1. The first kappa shape index (κ1) is 27.2. The number of anilines is 2. The van der Waals surface area contributed by atoms with Gasteiger partial charge in [-0.1, -0.05) is 29.3 Å². The second-order valence-electron chi connectivity index (χ2n) is 8.39. The van der Waals surface area contributed by atoms with E-state index in [9.17, 15) is 19.2 Å². The van der Waals surface area contributed by atoms with Gasteiger partial charge in [-0.05, 0) is 67.1 Å². The molecule has 0 aromatic heterocycles. The zero-order valence-electron chi connectivity index (χ0n) is 21.2. The number of methoxy groups -OCH3 is 2. The Hall–Kier alpha value is -4.83. The van der Waals surface area contributed by atoms with Crippen LogP contribution in [0.2, 0.25) is 5.02 Å². The first-order chi connectivity index (χ1) is 18.7. The largest absolute Gasteiger partial charge is 0.497 e. The molecule has 0 atom stereocenters. The molecule has 1 aliphatic rings. The Morgan fingerprint density at radius 1 is 1.00 bits per heavy atom. The van der Waals surface area contributed by atoms with Crippen LogP contribution in [0.3, 0.4) is 0 Å². The summed E-state index contributed by atoms with van der Waals surface area (Å²) in [7, 11) is 2.87. The van der Waals surface area contributed by atoms with Crippen molar-refractivity contribution >= 4 is 52.8 Å². The Morgan fingerprint density at radius 2 is 1.69 bits per heavy atom. The summed E-state index contributed by atoms with van der Waals surface area (Å²) in [5.41, 5.74) is 1.96. The number of ether oxygens (including phenoxy) is 3. The van der Waals surface area contributed by atoms with Gasteiger partial charge < -0.3 is 19.5 Å². The monoisotopic (exact) mass is 549 g/mol. The van der Waals surface area contributed by atoms with E-state index in [-0.39, 0.29) is 34.4 Å². The van der Waals surface area contributed by atoms with E-state index in [0.717, 1.165) is 10.5 Å². The number of carbonyl (C=O) groups excluding carboxylic acids is 4. The second kappa shape index (κ2) is 11.7. The Bertz CT molecular complexity index is 1470. The number of nitrogens with zero attached hydrogens (tertiary/aromatic N) is 1. The number of rotatable bonds is 8. The molecular weight excluding hydrogens is 526 g/mol. The lowest BCUT2D eigenvalue weighted by atomic mass is 10.1. The van der Waals surface area contributed by atoms with E-state index in [2.05, 4.69) is 10.6 Å². The highest BCUT2D eigenvalue weighted by Crippen LogP contribution is 2.37. The number of carbonyl (C=O) groups is 4. The van der Waals surface area contributed by atoms with Crippen LogP contribution in [0.1, 0.15) is 11.1 Å². The molecule has 3 aromatic carbocycles. The first-order valence-electron chi connectivity index (χ1n) is 11.6. The Balaban J connectivity index is 1.54. The molecule has 1 heterocycles. The third-order valence-electron chi connectivity index (χ3n) is 5.68. The van der Waals surface area contributed by atoms with Crippen LogP contribution in [-0.2, 0) is 14.4 Å². The average Bonchev–Trinajstić information content (AvgIpc) is 2.91. The first-order valence-corrected chi connectivity index (χ1v) is 12.0. The van der Waals surface area contributed by atoms with Gasteiger partial charge >= 0.3 is 6.03 Å². The Morgan fingerprint density at radius 3 is 2.33 bits per heavy atom. The number of halogens is 1. The van der Waals surface area contributed by atoms with Gasteiger partial charge in [-0.2, -0.15) is 0 Å². The molecule has 0 spiro atoms. The van der Waals surface area contributed by atoms with Gasteiger partial charge in [0, 0.05) is 5.69 Å². The third-order valence-corrected chi connectivity index (χ3v) is 5.96. The lowest BCUT2D eigenvalue weighted by Gasteiger charge is -2.26. The molecular formula is C28H24ClN3O7. The highest BCUT2D eigenvalue weighted by atomic mass is 35.5. The maximum Gasteiger partial charge on any atom is 0.335 e. The van der Waals surface area contributed by atoms with Crippen molar-refractivity contribution < 1.29 is 33.4 Å². The van der Waals surface area contributed by atoms with Crippen molar-refractivity contribution in [3.05, 3.63) is 82.4 Å². The predicted molar refractivity (Wildman–Crippen MR) is 145 cm³/mol. The molecule has 2 N–H and O–H groups in total. The van der Waals surface area contributed by atoms with Crippen molar-refractivity contribution in [3.8, 4) is 17.2 Å². The highest BCUT2D eigenvalue weighted by molar-refractivity contribution is 6.39. The van der Waals surface area contributed by atoms with Gasteiger partial charge in [0.25, 0.3) is 17.7 Å². The van der Waals surface area contributed by atoms with E-state index < -0.39 is 23.8 Å². The molecule has 11 heteroatoms. The van der Waals surface area contributed by atoms with Gasteiger partial charge in [0.2, 0.25) is 0 Å². The third kappa shape index (κ3) is 6.19. The van der Waals surface area contributed by atoms with Crippen molar-refractivity contribution in [1.82, 2.24) is 5.32 Å². The fraction of sp³-hybridized carbons (Fsp3) is 0.143. The summed E-state index contributed by atoms with van der Waals surface area (Å²) < 4.78 is 16.1. The van der Waals surface area contributed by atoms with Gasteiger partial charge in [0.05, 0.1) is 24.9 Å². The summed E-state index contributed by atoms with van der Waals surface area (Å²) in [5, 5.41) is 4.96. The number of hydrogen-bond acceptors (Lipinski definition) is 7. The van der Waals surface area contributed by atoms with E-state index in [4.69, 9.17) is 25.8 Å². The summed E-state index contributed by atoms with van der Waals surface area (Å²) in [6, 6.07) is 15.5. The number of amides is 5. The maximum absolute atomic E-state index is 13.2. The number of hydrogen-bond donors (Lipinski definition) is 2. The number of nitrogens with one attached hydrogen (secondary N) is 2. The quantitative estimate of drug-likeness (QED) is 0.316. The van der Waals surface area contributed by atoms with E-state index in [1.807, 2.05) is 19.1 Å². The van der Waals surface area contributed by atoms with Gasteiger partial charge in [-0.15, -0.1) is 0 Å². The van der Waals surface area contributed by atoms with Crippen LogP contribution in [0.25, 0.3) is 6.08 Å². The zero-order valence-corrected chi connectivity index (χ0v) is 22.0. The molecule has 1 fully saturated rings. The molecule has 0 radical (unpaired) electrons. The number of barbiturate groups is 1. The summed E-state index contributed by atoms with van der Waals surface area (Å²) >= 11 is 6.41. The minimum Gasteiger partial charge on any atom is -0.497 e. The molecule has 0 aliphatic carbocycles. The predicted octanol–water partition coefficient (Wildman–Crippen LogP) is 4.35. The zero-order chi connectivity index (χ0) is 28.1. The molecule has 200 valence electrons. The number of benzene rings is 3. The van der Waals surface area contributed by atoms with E-state index in [1.165, 1.54) is 44.6 Å². The molecule has 1 saturated heterocycles. The molecule has 1 aliphatic heterocycles. The van der Waals surface area contributed by atoms with Gasteiger partial charge in [0.1, 0.15) is 11.3 Å². The Labute approximate surface area is 229 Å². The van der Waals surface area contributed by atoms with Crippen molar-refractivity contribution in [2.75, 3.05) is 31.0 Å². The topological polar surface area (TPSA) is 123 Å². The fourth-order valence-electron chi connectivity index (χ4n) is 3.72. The average molecular weight is 550 g/mol. The summed E-state index contributed by atoms with van der Waals surface area (Å²) in [5.74, 6) is -1.28.